The number of hydrogen-bond acceptors (Lipinski definition) is 3. The van der Waals surface area contributed by atoms with Crippen LogP contribution in [-0.2, 0) is 6.42 Å². The van der Waals surface area contributed by atoms with Crippen molar-refractivity contribution in [3.63, 3.8) is 0 Å². The van der Waals surface area contributed by atoms with E-state index in [4.69, 9.17) is 16.3 Å². The minimum absolute atomic E-state index is 0.0371. The Hall–Kier alpha value is -2.52. The van der Waals surface area contributed by atoms with E-state index < -0.39 is 0 Å². The highest BCUT2D eigenvalue weighted by atomic mass is 35.5. The molecule has 0 fully saturated rings. The van der Waals surface area contributed by atoms with E-state index in [0.29, 0.717) is 5.75 Å². The van der Waals surface area contributed by atoms with Crippen LogP contribution in [0.15, 0.2) is 59.1 Å². The molecule has 0 amide bonds. The molecule has 1 aliphatic rings. The maximum Gasteiger partial charge on any atom is 0.176 e. The van der Waals surface area contributed by atoms with E-state index in [2.05, 4.69) is 48.3 Å². The summed E-state index contributed by atoms with van der Waals surface area (Å²) in [4.78, 5) is 4.65. The van der Waals surface area contributed by atoms with Crippen LogP contribution in [0.25, 0.3) is 11.1 Å². The van der Waals surface area contributed by atoms with Gasteiger partial charge in [0.1, 0.15) is 0 Å². The molecule has 2 aromatic carbocycles. The van der Waals surface area contributed by atoms with Crippen molar-refractivity contribution in [2.75, 3.05) is 14.2 Å². The molecule has 0 radical (unpaired) electrons. The number of methoxy groups -OCH3 is 1. The quantitative estimate of drug-likeness (QED) is 0.639. The number of fused-ring (bicyclic) bond motifs is 1. The normalized spacial score (nSPS) is 18.0. The van der Waals surface area contributed by atoms with Crippen LogP contribution in [0.1, 0.15) is 37.3 Å². The van der Waals surface area contributed by atoms with E-state index in [0.717, 1.165) is 48.1 Å². The Morgan fingerprint density at radius 2 is 2.00 bits per heavy atom. The minimum atomic E-state index is -0.0371. The summed E-state index contributed by atoms with van der Waals surface area (Å²) in [7, 11) is 3.38. The summed E-state index contributed by atoms with van der Waals surface area (Å²) < 4.78 is 5.26. The zero-order valence-corrected chi connectivity index (χ0v) is 17.4. The van der Waals surface area contributed by atoms with Gasteiger partial charge < -0.3 is 9.84 Å². The third-order valence-electron chi connectivity index (χ3n) is 5.05. The molecule has 3 nitrogen and oxygen atoms in total. The maximum atomic E-state index is 10.0. The van der Waals surface area contributed by atoms with Gasteiger partial charge in [0, 0.05) is 12.6 Å². The molecule has 146 valence electrons. The van der Waals surface area contributed by atoms with Crippen molar-refractivity contribution < 1.29 is 9.84 Å². The number of phenols is 1. The summed E-state index contributed by atoms with van der Waals surface area (Å²) in [5.41, 5.74) is 6.62. The topological polar surface area (TPSA) is 41.8 Å². The lowest BCUT2D eigenvalue weighted by atomic mass is 9.88. The van der Waals surface area contributed by atoms with E-state index in [1.54, 1.807) is 6.07 Å². The number of benzene rings is 2. The van der Waals surface area contributed by atoms with Crippen LogP contribution in [0.4, 0.5) is 0 Å². The van der Waals surface area contributed by atoms with E-state index >= 15 is 0 Å². The first-order chi connectivity index (χ1) is 13.6. The molecule has 0 heterocycles. The summed E-state index contributed by atoms with van der Waals surface area (Å²) in [5, 5.41) is 10.3. The van der Waals surface area contributed by atoms with Crippen LogP contribution in [0.2, 0.25) is 5.02 Å². The van der Waals surface area contributed by atoms with Crippen LogP contribution in [0, 0.1) is 0 Å². The van der Waals surface area contributed by atoms with E-state index in [1.165, 1.54) is 18.2 Å². The maximum absolute atomic E-state index is 10.0. The Bertz CT molecular complexity index is 957. The van der Waals surface area contributed by atoms with Gasteiger partial charge in [-0.05, 0) is 59.7 Å². The average Bonchev–Trinajstić information content (AvgIpc) is 2.69. The Labute approximate surface area is 172 Å². The largest absolute Gasteiger partial charge is 0.503 e. The number of unbranched alkanes of at least 4 members (excludes halogenated alkanes) is 1. The molecule has 0 saturated heterocycles. The predicted molar refractivity (Wildman–Crippen MR) is 118 cm³/mol. The standard InChI is InChI=1S/C24H26ClNO2/c1-4-5-8-17-10-7-6-9-16-11-12-18(13-20(16)23(17)26-2)19-14-21(25)24(27)22(15-19)28-3/h6-7,10-15,27H,4-5,8-9H2,1-3H3/b7-6+,17-10-,26-23?. The van der Waals surface area contributed by atoms with Crippen molar-refractivity contribution in [1.82, 2.24) is 0 Å². The first-order valence-electron chi connectivity index (χ1n) is 9.62. The van der Waals surface area contributed by atoms with Gasteiger partial charge in [-0.2, -0.15) is 0 Å². The first-order valence-corrected chi connectivity index (χ1v) is 9.99. The smallest absolute Gasteiger partial charge is 0.176 e. The molecule has 0 saturated carbocycles. The zero-order valence-electron chi connectivity index (χ0n) is 16.6. The van der Waals surface area contributed by atoms with Crippen molar-refractivity contribution in [3.05, 3.63) is 70.3 Å². The van der Waals surface area contributed by atoms with Crippen LogP contribution in [0.5, 0.6) is 11.5 Å². The SMILES string of the molecule is CCCC/C1=C/C=C/Cc2ccc(-c3cc(Cl)c(O)c(OC)c3)cc2C1=NC. The second-order valence-corrected chi connectivity index (χ2v) is 7.29. The number of aromatic hydroxyl groups is 1. The number of phenolic OH excluding ortho intramolecular Hbond substituents is 1. The molecule has 0 aromatic heterocycles. The Kier molecular flexibility index (Phi) is 6.58. The van der Waals surface area contributed by atoms with Crippen molar-refractivity contribution in [1.29, 1.82) is 0 Å². The number of rotatable bonds is 5. The number of ether oxygens (including phenoxy) is 1. The van der Waals surface area contributed by atoms with Gasteiger partial charge in [0.2, 0.25) is 0 Å². The molecule has 0 spiro atoms. The third-order valence-corrected chi connectivity index (χ3v) is 5.33. The van der Waals surface area contributed by atoms with Crippen molar-refractivity contribution in [2.45, 2.75) is 32.6 Å². The van der Waals surface area contributed by atoms with Crippen LogP contribution < -0.4 is 4.74 Å². The highest BCUT2D eigenvalue weighted by molar-refractivity contribution is 6.32. The Balaban J connectivity index is 2.11. The Morgan fingerprint density at radius 3 is 2.71 bits per heavy atom. The second-order valence-electron chi connectivity index (χ2n) is 6.88. The number of halogens is 1. The van der Waals surface area contributed by atoms with Gasteiger partial charge in [-0.1, -0.05) is 55.3 Å². The molecule has 1 aliphatic carbocycles. The van der Waals surface area contributed by atoms with Gasteiger partial charge in [-0.3, -0.25) is 4.99 Å². The van der Waals surface area contributed by atoms with Gasteiger partial charge in [0.15, 0.2) is 11.5 Å². The summed E-state index contributed by atoms with van der Waals surface area (Å²) in [6, 6.07) is 9.97. The molecule has 4 heteroatoms. The van der Waals surface area contributed by atoms with Crippen LogP contribution in [-0.4, -0.2) is 25.0 Å². The summed E-state index contributed by atoms with van der Waals surface area (Å²) in [5.74, 6) is 0.329. The van der Waals surface area contributed by atoms with Gasteiger partial charge in [-0.25, -0.2) is 0 Å². The lowest BCUT2D eigenvalue weighted by Gasteiger charge is -2.18. The lowest BCUT2D eigenvalue weighted by Crippen LogP contribution is -2.10. The van der Waals surface area contributed by atoms with E-state index in [9.17, 15) is 5.11 Å². The minimum Gasteiger partial charge on any atom is -0.503 e. The molecule has 0 atom stereocenters. The van der Waals surface area contributed by atoms with Gasteiger partial charge >= 0.3 is 0 Å². The molecule has 0 aliphatic heterocycles. The molecule has 0 bridgehead atoms. The fourth-order valence-electron chi connectivity index (χ4n) is 3.51. The first kappa shape index (κ1) is 20.2. The number of allylic oxidation sites excluding steroid dienone is 4. The van der Waals surface area contributed by atoms with Crippen molar-refractivity contribution >= 4 is 17.3 Å². The molecular weight excluding hydrogens is 370 g/mol. The van der Waals surface area contributed by atoms with Crippen molar-refractivity contribution in [2.24, 2.45) is 4.99 Å². The molecule has 2 aromatic rings. The number of nitrogens with zero attached hydrogens (tertiary/aromatic N) is 1. The summed E-state index contributed by atoms with van der Waals surface area (Å²) in [6.45, 7) is 2.20. The predicted octanol–water partition coefficient (Wildman–Crippen LogP) is 6.37. The fraction of sp³-hybridized carbons (Fsp3) is 0.292. The van der Waals surface area contributed by atoms with Gasteiger partial charge in [-0.15, -0.1) is 0 Å². The fourth-order valence-corrected chi connectivity index (χ4v) is 3.73. The summed E-state index contributed by atoms with van der Waals surface area (Å²) in [6.07, 6.45) is 10.7. The molecular formula is C24H26ClNO2. The second kappa shape index (κ2) is 9.11. The van der Waals surface area contributed by atoms with Crippen molar-refractivity contribution in [3.8, 4) is 22.6 Å². The van der Waals surface area contributed by atoms with Crippen LogP contribution in [0.3, 0.4) is 0 Å². The number of hydrogen-bond donors (Lipinski definition) is 1. The third kappa shape index (κ3) is 4.15. The molecule has 0 unspecified atom stereocenters. The Morgan fingerprint density at radius 1 is 1.18 bits per heavy atom. The molecule has 28 heavy (non-hydrogen) atoms. The molecule has 3 rings (SSSR count). The highest BCUT2D eigenvalue weighted by Crippen LogP contribution is 2.39. The zero-order chi connectivity index (χ0) is 20.1. The van der Waals surface area contributed by atoms with Crippen LogP contribution >= 0.6 is 11.6 Å². The molecule has 1 N–H and O–H groups in total. The van der Waals surface area contributed by atoms with E-state index in [1.807, 2.05) is 13.1 Å². The monoisotopic (exact) mass is 395 g/mol. The van der Waals surface area contributed by atoms with Gasteiger partial charge in [0.25, 0.3) is 0 Å². The average molecular weight is 396 g/mol. The lowest BCUT2D eigenvalue weighted by molar-refractivity contribution is 0.374. The number of aliphatic imine (C=N–C) groups is 1. The van der Waals surface area contributed by atoms with E-state index in [-0.39, 0.29) is 10.8 Å². The summed E-state index contributed by atoms with van der Waals surface area (Å²) >= 11 is 6.20. The van der Waals surface area contributed by atoms with Gasteiger partial charge in [0.05, 0.1) is 17.8 Å². The highest BCUT2D eigenvalue weighted by Gasteiger charge is 2.17.